The molecule has 0 fully saturated rings. The number of para-hydroxylation sites is 1. The van der Waals surface area contributed by atoms with Gasteiger partial charge in [-0.25, -0.2) is 4.79 Å². The van der Waals surface area contributed by atoms with E-state index in [4.69, 9.17) is 9.47 Å². The van der Waals surface area contributed by atoms with Crippen LogP contribution in [0.2, 0.25) is 0 Å². The third-order valence-corrected chi connectivity index (χ3v) is 5.62. The second-order valence-electron chi connectivity index (χ2n) is 7.89. The summed E-state index contributed by atoms with van der Waals surface area (Å²) in [7, 11) is 3.19. The van der Waals surface area contributed by atoms with Crippen LogP contribution >= 0.6 is 0 Å². The summed E-state index contributed by atoms with van der Waals surface area (Å²) in [6.07, 6.45) is 0. The molecule has 2 N–H and O–H groups in total. The number of methoxy groups -OCH3 is 2. The molecule has 1 aromatic heterocycles. The number of carbonyl (C=O) groups excluding carboxylic acids is 1. The Balaban J connectivity index is 1.63. The van der Waals surface area contributed by atoms with Crippen molar-refractivity contribution in [3.8, 4) is 11.5 Å². The Hall–Kier alpha value is -4.26. The molecule has 0 bridgehead atoms. The number of amides is 2. The van der Waals surface area contributed by atoms with E-state index in [-0.39, 0.29) is 24.7 Å². The number of hydrogen-bond donors (Lipinski definition) is 2. The van der Waals surface area contributed by atoms with E-state index in [2.05, 4.69) is 10.3 Å². The minimum atomic E-state index is -0.278. The number of benzene rings is 3. The molecule has 0 aliphatic rings. The molecular formula is C27H27N3O4. The molecular weight excluding hydrogens is 430 g/mol. The number of rotatable bonds is 8. The van der Waals surface area contributed by atoms with Crippen molar-refractivity contribution in [3.63, 3.8) is 0 Å². The SMILES string of the molecule is COc1ccc2[nH]c(=O)c(CN(Cc3ccccc3OC)C(=O)NCc3ccccc3)cc2c1. The molecule has 0 saturated heterocycles. The quantitative estimate of drug-likeness (QED) is 0.409. The predicted molar refractivity (Wildman–Crippen MR) is 132 cm³/mol. The van der Waals surface area contributed by atoms with E-state index in [0.29, 0.717) is 29.1 Å². The summed E-state index contributed by atoms with van der Waals surface area (Å²) in [6.45, 7) is 0.786. The number of aromatic nitrogens is 1. The molecule has 0 radical (unpaired) electrons. The molecule has 0 aliphatic carbocycles. The van der Waals surface area contributed by atoms with Crippen molar-refractivity contribution < 1.29 is 14.3 Å². The van der Waals surface area contributed by atoms with Gasteiger partial charge in [0, 0.05) is 28.6 Å². The maximum atomic E-state index is 13.2. The summed E-state index contributed by atoms with van der Waals surface area (Å²) in [6, 6.07) is 24.2. The van der Waals surface area contributed by atoms with E-state index in [1.54, 1.807) is 37.3 Å². The Morgan fingerprint density at radius 3 is 2.38 bits per heavy atom. The highest BCUT2D eigenvalue weighted by atomic mass is 16.5. The fraction of sp³-hybridized carbons (Fsp3) is 0.185. The number of carbonyl (C=O) groups is 1. The minimum absolute atomic E-state index is 0.126. The highest BCUT2D eigenvalue weighted by Crippen LogP contribution is 2.22. The van der Waals surface area contributed by atoms with Gasteiger partial charge in [0.2, 0.25) is 0 Å². The van der Waals surface area contributed by atoms with Crippen molar-refractivity contribution in [3.05, 3.63) is 106 Å². The second kappa shape index (κ2) is 10.6. The van der Waals surface area contributed by atoms with Crippen LogP contribution < -0.4 is 20.3 Å². The van der Waals surface area contributed by atoms with E-state index >= 15 is 0 Å². The maximum Gasteiger partial charge on any atom is 0.318 e. The third-order valence-electron chi connectivity index (χ3n) is 5.62. The van der Waals surface area contributed by atoms with Gasteiger partial charge in [-0.05, 0) is 35.9 Å². The van der Waals surface area contributed by atoms with Crippen molar-refractivity contribution in [2.45, 2.75) is 19.6 Å². The van der Waals surface area contributed by atoms with Gasteiger partial charge in [0.15, 0.2) is 0 Å². The van der Waals surface area contributed by atoms with Crippen LogP contribution in [0, 0.1) is 0 Å². The van der Waals surface area contributed by atoms with Gasteiger partial charge >= 0.3 is 6.03 Å². The fourth-order valence-corrected chi connectivity index (χ4v) is 3.80. The van der Waals surface area contributed by atoms with Crippen LogP contribution in [0.3, 0.4) is 0 Å². The smallest absolute Gasteiger partial charge is 0.318 e. The highest BCUT2D eigenvalue weighted by Gasteiger charge is 2.18. The van der Waals surface area contributed by atoms with Crippen LogP contribution in [-0.2, 0) is 19.6 Å². The molecule has 0 spiro atoms. The number of urea groups is 1. The third kappa shape index (κ3) is 5.38. The van der Waals surface area contributed by atoms with Crippen LogP contribution in [0.15, 0.2) is 83.7 Å². The molecule has 7 nitrogen and oxygen atoms in total. The summed E-state index contributed by atoms with van der Waals surface area (Å²) < 4.78 is 10.8. The average molecular weight is 458 g/mol. The maximum absolute atomic E-state index is 13.2. The van der Waals surface area contributed by atoms with E-state index < -0.39 is 0 Å². The number of ether oxygens (including phenoxy) is 2. The number of nitrogens with zero attached hydrogens (tertiary/aromatic N) is 1. The topological polar surface area (TPSA) is 83.7 Å². The zero-order valence-electron chi connectivity index (χ0n) is 19.2. The first kappa shape index (κ1) is 22.9. The van der Waals surface area contributed by atoms with Gasteiger partial charge in [0.05, 0.1) is 27.3 Å². The minimum Gasteiger partial charge on any atom is -0.497 e. The summed E-state index contributed by atoms with van der Waals surface area (Å²) >= 11 is 0. The van der Waals surface area contributed by atoms with Crippen molar-refractivity contribution in [1.29, 1.82) is 0 Å². The molecule has 7 heteroatoms. The van der Waals surface area contributed by atoms with Gasteiger partial charge in [-0.1, -0.05) is 48.5 Å². The molecule has 34 heavy (non-hydrogen) atoms. The molecule has 1 heterocycles. The fourth-order valence-electron chi connectivity index (χ4n) is 3.80. The van der Waals surface area contributed by atoms with Gasteiger partial charge in [0.25, 0.3) is 5.56 Å². The molecule has 0 saturated carbocycles. The van der Waals surface area contributed by atoms with Crippen LogP contribution in [0.25, 0.3) is 10.9 Å². The largest absolute Gasteiger partial charge is 0.497 e. The summed E-state index contributed by atoms with van der Waals surface area (Å²) in [5.74, 6) is 1.37. The summed E-state index contributed by atoms with van der Waals surface area (Å²) in [4.78, 5) is 30.6. The summed E-state index contributed by atoms with van der Waals surface area (Å²) in [5, 5.41) is 3.80. The Labute approximate surface area is 197 Å². The number of H-pyrrole nitrogens is 1. The molecule has 0 aliphatic heterocycles. The van der Waals surface area contributed by atoms with E-state index in [1.165, 1.54) is 0 Å². The first-order valence-corrected chi connectivity index (χ1v) is 11.0. The molecule has 174 valence electrons. The Morgan fingerprint density at radius 1 is 0.882 bits per heavy atom. The van der Waals surface area contributed by atoms with Crippen molar-refractivity contribution in [2.75, 3.05) is 14.2 Å². The van der Waals surface area contributed by atoms with Gasteiger partial charge in [0.1, 0.15) is 11.5 Å². The van der Waals surface area contributed by atoms with Crippen LogP contribution in [0.4, 0.5) is 4.79 Å². The predicted octanol–water partition coefficient (Wildman–Crippen LogP) is 4.46. The lowest BCUT2D eigenvalue weighted by molar-refractivity contribution is 0.191. The summed E-state index contributed by atoms with van der Waals surface area (Å²) in [5.41, 5.74) is 2.78. The van der Waals surface area contributed by atoms with E-state index in [0.717, 1.165) is 16.5 Å². The zero-order chi connectivity index (χ0) is 23.9. The Morgan fingerprint density at radius 2 is 1.62 bits per heavy atom. The standard InChI is InChI=1S/C27H27N3O4/c1-33-23-12-13-24-21(15-23)14-22(26(31)29-24)18-30(17-20-10-6-7-11-25(20)34-2)27(32)28-16-19-8-4-3-5-9-19/h3-15H,16-18H2,1-2H3,(H,28,32)(H,29,31). The van der Waals surface area contributed by atoms with Gasteiger partial charge in [-0.3, -0.25) is 4.79 Å². The first-order valence-electron chi connectivity index (χ1n) is 11.0. The van der Waals surface area contributed by atoms with Gasteiger partial charge < -0.3 is 24.7 Å². The molecule has 0 atom stereocenters. The molecule has 2 amide bonds. The lowest BCUT2D eigenvalue weighted by Gasteiger charge is -2.24. The number of pyridine rings is 1. The monoisotopic (exact) mass is 457 g/mol. The average Bonchev–Trinajstić information content (AvgIpc) is 2.87. The number of nitrogens with one attached hydrogen (secondary N) is 2. The Kier molecular flexibility index (Phi) is 7.13. The lowest BCUT2D eigenvalue weighted by Crippen LogP contribution is -2.40. The van der Waals surface area contributed by atoms with Crippen LogP contribution in [-0.4, -0.2) is 30.1 Å². The lowest BCUT2D eigenvalue weighted by atomic mass is 10.1. The zero-order valence-corrected chi connectivity index (χ0v) is 19.2. The molecule has 4 rings (SSSR count). The normalized spacial score (nSPS) is 10.6. The van der Waals surface area contributed by atoms with Crippen molar-refractivity contribution >= 4 is 16.9 Å². The van der Waals surface area contributed by atoms with Crippen molar-refractivity contribution in [2.24, 2.45) is 0 Å². The second-order valence-corrected chi connectivity index (χ2v) is 7.89. The number of aromatic amines is 1. The van der Waals surface area contributed by atoms with E-state index in [9.17, 15) is 9.59 Å². The van der Waals surface area contributed by atoms with Gasteiger partial charge in [-0.2, -0.15) is 0 Å². The molecule has 4 aromatic rings. The molecule has 0 unspecified atom stereocenters. The molecule has 3 aromatic carbocycles. The first-order chi connectivity index (χ1) is 16.6. The highest BCUT2D eigenvalue weighted by molar-refractivity contribution is 5.81. The van der Waals surface area contributed by atoms with E-state index in [1.807, 2.05) is 60.7 Å². The van der Waals surface area contributed by atoms with Crippen LogP contribution in [0.5, 0.6) is 11.5 Å². The van der Waals surface area contributed by atoms with Crippen molar-refractivity contribution in [1.82, 2.24) is 15.2 Å². The van der Waals surface area contributed by atoms with Crippen LogP contribution in [0.1, 0.15) is 16.7 Å². The number of fused-ring (bicyclic) bond motifs is 1. The Bertz CT molecular complexity index is 1330. The van der Waals surface area contributed by atoms with Gasteiger partial charge in [-0.15, -0.1) is 0 Å². The number of hydrogen-bond acceptors (Lipinski definition) is 4.